The smallest absolute Gasteiger partial charge is 0.162 e. The third-order valence-electron chi connectivity index (χ3n) is 2.87. The summed E-state index contributed by atoms with van der Waals surface area (Å²) in [5, 5.41) is 0. The van der Waals surface area contributed by atoms with E-state index in [-0.39, 0.29) is 12.3 Å². The van der Waals surface area contributed by atoms with Crippen LogP contribution in [0.2, 0.25) is 0 Å². The van der Waals surface area contributed by atoms with Gasteiger partial charge in [-0.3, -0.25) is 0 Å². The van der Waals surface area contributed by atoms with Gasteiger partial charge < -0.3 is 15.2 Å². The summed E-state index contributed by atoms with van der Waals surface area (Å²) in [5.41, 5.74) is 6.50. The Kier molecular flexibility index (Phi) is 4.53. The molecule has 0 saturated carbocycles. The predicted molar refractivity (Wildman–Crippen MR) is 71.8 cm³/mol. The summed E-state index contributed by atoms with van der Waals surface area (Å²) in [6, 6.07) is 10.6. The second-order valence-corrected chi connectivity index (χ2v) is 4.19. The van der Waals surface area contributed by atoms with Gasteiger partial charge in [0.05, 0.1) is 7.11 Å². The molecule has 1 unspecified atom stereocenters. The average Bonchev–Trinajstić information content (AvgIpc) is 2.48. The van der Waals surface area contributed by atoms with Crippen LogP contribution >= 0.6 is 0 Å². The highest BCUT2D eigenvalue weighted by atomic mass is 19.2. The molecule has 0 radical (unpaired) electrons. The van der Waals surface area contributed by atoms with E-state index >= 15 is 0 Å². The van der Waals surface area contributed by atoms with Crippen molar-refractivity contribution < 1.29 is 18.3 Å². The van der Waals surface area contributed by atoms with E-state index in [1.807, 2.05) is 12.1 Å². The van der Waals surface area contributed by atoms with Crippen LogP contribution in [0, 0.1) is 11.6 Å². The maximum atomic E-state index is 13.1. The molecule has 0 aliphatic rings. The van der Waals surface area contributed by atoms with Gasteiger partial charge in [-0.2, -0.15) is 0 Å². The second-order valence-electron chi connectivity index (χ2n) is 4.19. The fourth-order valence-corrected chi connectivity index (χ4v) is 1.79. The van der Waals surface area contributed by atoms with Gasteiger partial charge in [-0.15, -0.1) is 0 Å². The Morgan fingerprint density at radius 2 is 1.65 bits per heavy atom. The number of rotatable bonds is 5. The van der Waals surface area contributed by atoms with Gasteiger partial charge in [-0.1, -0.05) is 12.1 Å². The van der Waals surface area contributed by atoms with E-state index in [0.29, 0.717) is 0 Å². The quantitative estimate of drug-likeness (QED) is 0.915. The van der Waals surface area contributed by atoms with Crippen LogP contribution in [-0.4, -0.2) is 13.7 Å². The van der Waals surface area contributed by atoms with Crippen LogP contribution in [0.5, 0.6) is 11.5 Å². The minimum absolute atomic E-state index is 0.214. The largest absolute Gasteiger partial charge is 0.497 e. The van der Waals surface area contributed by atoms with Crippen molar-refractivity contribution in [2.75, 3.05) is 13.7 Å². The van der Waals surface area contributed by atoms with E-state index in [2.05, 4.69) is 0 Å². The minimum atomic E-state index is -0.951. The summed E-state index contributed by atoms with van der Waals surface area (Å²) in [6.07, 6.45) is -0.439. The molecule has 2 N–H and O–H groups in total. The van der Waals surface area contributed by atoms with E-state index in [1.165, 1.54) is 6.07 Å². The van der Waals surface area contributed by atoms with E-state index in [0.717, 1.165) is 23.4 Å². The standard InChI is InChI=1S/C15H15F2NO2/c1-19-11-4-2-10(3-5-11)15(9-18)20-12-6-7-13(16)14(17)8-12/h2-8,15H,9,18H2,1H3. The lowest BCUT2D eigenvalue weighted by molar-refractivity contribution is 0.212. The molecule has 3 nitrogen and oxygen atoms in total. The molecule has 0 bridgehead atoms. The van der Waals surface area contributed by atoms with Crippen molar-refractivity contribution in [1.82, 2.24) is 0 Å². The number of ether oxygens (including phenoxy) is 2. The van der Waals surface area contributed by atoms with Gasteiger partial charge >= 0.3 is 0 Å². The highest BCUT2D eigenvalue weighted by Gasteiger charge is 2.13. The predicted octanol–water partition coefficient (Wildman–Crippen LogP) is 3.05. The molecule has 20 heavy (non-hydrogen) atoms. The zero-order chi connectivity index (χ0) is 14.5. The molecule has 106 valence electrons. The number of hydrogen-bond donors (Lipinski definition) is 1. The highest BCUT2D eigenvalue weighted by molar-refractivity contribution is 5.30. The Hall–Kier alpha value is -2.14. The number of methoxy groups -OCH3 is 1. The molecule has 2 aromatic carbocycles. The van der Waals surface area contributed by atoms with Crippen molar-refractivity contribution in [2.45, 2.75) is 6.10 Å². The maximum Gasteiger partial charge on any atom is 0.162 e. The second kappa shape index (κ2) is 6.34. The van der Waals surface area contributed by atoms with Gasteiger partial charge in [0.15, 0.2) is 11.6 Å². The first-order valence-corrected chi connectivity index (χ1v) is 6.09. The molecule has 2 aromatic rings. The third-order valence-corrected chi connectivity index (χ3v) is 2.87. The fourth-order valence-electron chi connectivity index (χ4n) is 1.79. The third kappa shape index (κ3) is 3.24. The van der Waals surface area contributed by atoms with Crippen molar-refractivity contribution in [3.63, 3.8) is 0 Å². The Labute approximate surface area is 115 Å². The number of hydrogen-bond acceptors (Lipinski definition) is 3. The zero-order valence-corrected chi connectivity index (χ0v) is 11.0. The van der Waals surface area contributed by atoms with Crippen LogP contribution < -0.4 is 15.2 Å². The lowest BCUT2D eigenvalue weighted by Gasteiger charge is -2.18. The topological polar surface area (TPSA) is 44.5 Å². The lowest BCUT2D eigenvalue weighted by atomic mass is 10.1. The molecule has 0 fully saturated rings. The number of halogens is 2. The first-order chi connectivity index (χ1) is 9.63. The van der Waals surface area contributed by atoms with Crippen molar-refractivity contribution >= 4 is 0 Å². The number of benzene rings is 2. The Morgan fingerprint density at radius 3 is 2.20 bits per heavy atom. The van der Waals surface area contributed by atoms with Crippen LogP contribution in [0.15, 0.2) is 42.5 Å². The van der Waals surface area contributed by atoms with Crippen molar-refractivity contribution in [3.8, 4) is 11.5 Å². The van der Waals surface area contributed by atoms with Gasteiger partial charge in [-0.05, 0) is 29.8 Å². The van der Waals surface area contributed by atoms with E-state index < -0.39 is 17.7 Å². The fraction of sp³-hybridized carbons (Fsp3) is 0.200. The molecule has 0 amide bonds. The monoisotopic (exact) mass is 279 g/mol. The summed E-state index contributed by atoms with van der Waals surface area (Å²) in [4.78, 5) is 0. The van der Waals surface area contributed by atoms with Crippen molar-refractivity contribution in [3.05, 3.63) is 59.7 Å². The van der Waals surface area contributed by atoms with E-state index in [1.54, 1.807) is 19.2 Å². The van der Waals surface area contributed by atoms with E-state index in [9.17, 15) is 8.78 Å². The number of nitrogens with two attached hydrogens (primary N) is 1. The van der Waals surface area contributed by atoms with Crippen LogP contribution in [-0.2, 0) is 0 Å². The minimum Gasteiger partial charge on any atom is -0.497 e. The molecule has 0 aliphatic carbocycles. The lowest BCUT2D eigenvalue weighted by Crippen LogP contribution is -2.18. The SMILES string of the molecule is COc1ccc(C(CN)Oc2ccc(F)c(F)c2)cc1. The first-order valence-electron chi connectivity index (χ1n) is 6.09. The average molecular weight is 279 g/mol. The van der Waals surface area contributed by atoms with Gasteiger partial charge in [0.1, 0.15) is 17.6 Å². The van der Waals surface area contributed by atoms with Gasteiger partial charge in [0.2, 0.25) is 0 Å². The van der Waals surface area contributed by atoms with Gasteiger partial charge in [-0.25, -0.2) is 8.78 Å². The molecule has 0 spiro atoms. The summed E-state index contributed by atoms with van der Waals surface area (Å²) in [6.45, 7) is 0.214. The maximum absolute atomic E-state index is 13.1. The van der Waals surface area contributed by atoms with E-state index in [4.69, 9.17) is 15.2 Å². The Balaban J connectivity index is 2.16. The summed E-state index contributed by atoms with van der Waals surface area (Å²) in [5.74, 6) is -0.911. The van der Waals surface area contributed by atoms with Crippen LogP contribution in [0.4, 0.5) is 8.78 Å². The highest BCUT2D eigenvalue weighted by Crippen LogP contribution is 2.24. The first kappa shape index (κ1) is 14.3. The molecule has 2 rings (SSSR count). The molecule has 0 aliphatic heterocycles. The van der Waals surface area contributed by atoms with Crippen LogP contribution in [0.1, 0.15) is 11.7 Å². The molecule has 5 heteroatoms. The van der Waals surface area contributed by atoms with Crippen LogP contribution in [0.3, 0.4) is 0 Å². The van der Waals surface area contributed by atoms with Crippen molar-refractivity contribution in [1.29, 1.82) is 0 Å². The summed E-state index contributed by atoms with van der Waals surface area (Å²) >= 11 is 0. The zero-order valence-electron chi connectivity index (χ0n) is 11.0. The summed E-state index contributed by atoms with van der Waals surface area (Å²) < 4.78 is 36.6. The molecule has 0 heterocycles. The molecule has 1 atom stereocenters. The van der Waals surface area contributed by atoms with Crippen molar-refractivity contribution in [2.24, 2.45) is 5.73 Å². The van der Waals surface area contributed by atoms with Gasteiger partial charge in [0.25, 0.3) is 0 Å². The molecule has 0 saturated heterocycles. The van der Waals surface area contributed by atoms with Gasteiger partial charge in [0, 0.05) is 12.6 Å². The normalized spacial score (nSPS) is 12.0. The summed E-state index contributed by atoms with van der Waals surface area (Å²) in [7, 11) is 1.58. The Bertz CT molecular complexity index is 573. The molecule has 0 aromatic heterocycles. The molecular weight excluding hydrogens is 264 g/mol. The Morgan fingerprint density at radius 1 is 1.00 bits per heavy atom. The van der Waals surface area contributed by atoms with Crippen LogP contribution in [0.25, 0.3) is 0 Å². The molecular formula is C15H15F2NO2.